The second kappa shape index (κ2) is 5.94. The van der Waals surface area contributed by atoms with Crippen molar-refractivity contribution in [1.29, 1.82) is 0 Å². The fourth-order valence-corrected chi connectivity index (χ4v) is 2.72. The number of carbonyl (C=O) groups is 1. The molecule has 0 bridgehead atoms. The van der Waals surface area contributed by atoms with E-state index in [9.17, 15) is 9.59 Å². The standard InChI is InChI=1S/C14H12N4O3S/c1-8-4-6-22-11(8)14(20)16-7-10-17-12(18-21-10)9-3-2-5-15-13(9)19/h2-6H,7H2,1H3,(H,15,19)(H,16,20). The summed E-state index contributed by atoms with van der Waals surface area (Å²) in [6.07, 6.45) is 1.52. The van der Waals surface area contributed by atoms with E-state index in [2.05, 4.69) is 20.4 Å². The molecular formula is C14H12N4O3S. The number of H-pyrrole nitrogens is 1. The van der Waals surface area contributed by atoms with Gasteiger partial charge in [0, 0.05) is 6.20 Å². The summed E-state index contributed by atoms with van der Waals surface area (Å²) in [6.45, 7) is 1.98. The van der Waals surface area contributed by atoms with Crippen LogP contribution in [0.5, 0.6) is 0 Å². The largest absolute Gasteiger partial charge is 0.342 e. The molecule has 0 aliphatic carbocycles. The van der Waals surface area contributed by atoms with E-state index < -0.39 is 0 Å². The third kappa shape index (κ3) is 2.82. The molecule has 0 aromatic carbocycles. The Morgan fingerprint density at radius 3 is 3.05 bits per heavy atom. The van der Waals surface area contributed by atoms with Gasteiger partial charge in [-0.3, -0.25) is 9.59 Å². The highest BCUT2D eigenvalue weighted by Crippen LogP contribution is 2.15. The van der Waals surface area contributed by atoms with Crippen LogP contribution in [0, 0.1) is 6.92 Å². The predicted octanol–water partition coefficient (Wildman–Crippen LogP) is 1.72. The smallest absolute Gasteiger partial charge is 0.262 e. The lowest BCUT2D eigenvalue weighted by atomic mass is 10.3. The summed E-state index contributed by atoms with van der Waals surface area (Å²) in [4.78, 5) is 30.9. The molecule has 3 rings (SSSR count). The topological polar surface area (TPSA) is 101 Å². The van der Waals surface area contributed by atoms with E-state index in [4.69, 9.17) is 4.52 Å². The van der Waals surface area contributed by atoms with Crippen LogP contribution in [0.1, 0.15) is 21.1 Å². The summed E-state index contributed by atoms with van der Waals surface area (Å²) in [7, 11) is 0. The Bertz CT molecular complexity index is 865. The molecule has 3 aromatic rings. The lowest BCUT2D eigenvalue weighted by molar-refractivity contribution is 0.0950. The second-order valence-electron chi connectivity index (χ2n) is 4.54. The van der Waals surface area contributed by atoms with Gasteiger partial charge in [-0.15, -0.1) is 11.3 Å². The second-order valence-corrected chi connectivity index (χ2v) is 5.46. The number of thiophene rings is 1. The normalized spacial score (nSPS) is 10.6. The molecule has 0 spiro atoms. The fraction of sp³-hybridized carbons (Fsp3) is 0.143. The molecule has 0 unspecified atom stereocenters. The number of aryl methyl sites for hydroxylation is 1. The first kappa shape index (κ1) is 14.2. The van der Waals surface area contributed by atoms with Gasteiger partial charge in [0.1, 0.15) is 0 Å². The molecule has 3 heterocycles. The zero-order valence-corrected chi connectivity index (χ0v) is 12.4. The number of aromatic nitrogens is 3. The Morgan fingerprint density at radius 2 is 2.32 bits per heavy atom. The van der Waals surface area contributed by atoms with E-state index in [-0.39, 0.29) is 29.7 Å². The fourth-order valence-electron chi connectivity index (χ4n) is 1.88. The van der Waals surface area contributed by atoms with Gasteiger partial charge in [-0.2, -0.15) is 4.98 Å². The maximum Gasteiger partial charge on any atom is 0.262 e. The maximum atomic E-state index is 12.0. The van der Waals surface area contributed by atoms with E-state index in [1.807, 2.05) is 18.4 Å². The zero-order chi connectivity index (χ0) is 15.5. The molecule has 0 aliphatic heterocycles. The molecule has 8 heteroatoms. The van der Waals surface area contributed by atoms with Crippen LogP contribution < -0.4 is 10.9 Å². The Kier molecular flexibility index (Phi) is 3.84. The molecule has 7 nitrogen and oxygen atoms in total. The van der Waals surface area contributed by atoms with Crippen molar-refractivity contribution >= 4 is 17.2 Å². The van der Waals surface area contributed by atoms with Crippen molar-refractivity contribution in [3.8, 4) is 11.4 Å². The maximum absolute atomic E-state index is 12.0. The third-order valence-corrected chi connectivity index (χ3v) is 4.01. The van der Waals surface area contributed by atoms with Gasteiger partial charge in [0.15, 0.2) is 0 Å². The molecule has 2 N–H and O–H groups in total. The summed E-state index contributed by atoms with van der Waals surface area (Å²) in [5.41, 5.74) is 0.940. The van der Waals surface area contributed by atoms with Crippen LogP contribution in [-0.4, -0.2) is 21.0 Å². The van der Waals surface area contributed by atoms with Gasteiger partial charge in [-0.25, -0.2) is 0 Å². The van der Waals surface area contributed by atoms with Crippen LogP contribution in [0.2, 0.25) is 0 Å². The van der Waals surface area contributed by atoms with Gasteiger partial charge in [0.25, 0.3) is 11.5 Å². The van der Waals surface area contributed by atoms with Gasteiger partial charge in [-0.1, -0.05) is 5.16 Å². The number of hydrogen-bond donors (Lipinski definition) is 2. The minimum absolute atomic E-state index is 0.105. The summed E-state index contributed by atoms with van der Waals surface area (Å²) in [5.74, 6) is 0.240. The molecule has 0 saturated heterocycles. The van der Waals surface area contributed by atoms with Gasteiger partial charge in [0.2, 0.25) is 11.7 Å². The van der Waals surface area contributed by atoms with Gasteiger partial charge in [0.05, 0.1) is 17.0 Å². The van der Waals surface area contributed by atoms with Crippen molar-refractivity contribution in [3.63, 3.8) is 0 Å². The number of hydrogen-bond acceptors (Lipinski definition) is 6. The van der Waals surface area contributed by atoms with Crippen molar-refractivity contribution in [3.05, 3.63) is 56.5 Å². The van der Waals surface area contributed by atoms with Crippen molar-refractivity contribution in [2.45, 2.75) is 13.5 Å². The minimum Gasteiger partial charge on any atom is -0.342 e. The number of nitrogens with zero attached hydrogens (tertiary/aromatic N) is 2. The van der Waals surface area contributed by atoms with Crippen LogP contribution in [0.3, 0.4) is 0 Å². The number of carbonyl (C=O) groups excluding carboxylic acids is 1. The third-order valence-electron chi connectivity index (χ3n) is 3.00. The van der Waals surface area contributed by atoms with Crippen LogP contribution in [-0.2, 0) is 6.54 Å². The summed E-state index contributed by atoms with van der Waals surface area (Å²) >= 11 is 1.37. The summed E-state index contributed by atoms with van der Waals surface area (Å²) in [5, 5.41) is 8.32. The highest BCUT2D eigenvalue weighted by Gasteiger charge is 2.14. The molecule has 22 heavy (non-hydrogen) atoms. The molecule has 1 amide bonds. The van der Waals surface area contributed by atoms with Crippen LogP contribution in [0.15, 0.2) is 39.1 Å². The monoisotopic (exact) mass is 316 g/mol. The minimum atomic E-state index is -0.298. The lowest BCUT2D eigenvalue weighted by Gasteiger charge is -2.00. The molecule has 112 valence electrons. The number of aromatic amines is 1. The molecular weight excluding hydrogens is 304 g/mol. The van der Waals surface area contributed by atoms with Crippen molar-refractivity contribution < 1.29 is 9.32 Å². The average Bonchev–Trinajstić information content (AvgIpc) is 3.14. The SMILES string of the molecule is Cc1ccsc1C(=O)NCc1nc(-c2ccc[nH]c2=O)no1. The van der Waals surface area contributed by atoms with Crippen LogP contribution in [0.25, 0.3) is 11.4 Å². The molecule has 0 saturated carbocycles. The first-order valence-electron chi connectivity index (χ1n) is 6.48. The van der Waals surface area contributed by atoms with Crippen molar-refractivity contribution in [1.82, 2.24) is 20.4 Å². The van der Waals surface area contributed by atoms with Gasteiger partial charge >= 0.3 is 0 Å². The van der Waals surface area contributed by atoms with Gasteiger partial charge in [-0.05, 0) is 36.1 Å². The zero-order valence-electron chi connectivity index (χ0n) is 11.6. The number of amides is 1. The lowest BCUT2D eigenvalue weighted by Crippen LogP contribution is -2.22. The Balaban J connectivity index is 1.70. The molecule has 0 fully saturated rings. The average molecular weight is 316 g/mol. The number of nitrogens with one attached hydrogen (secondary N) is 2. The quantitative estimate of drug-likeness (QED) is 0.763. The molecule has 0 radical (unpaired) electrons. The molecule has 3 aromatic heterocycles. The van der Waals surface area contributed by atoms with E-state index in [0.29, 0.717) is 10.4 Å². The molecule has 0 atom stereocenters. The molecule has 0 aliphatic rings. The first-order valence-corrected chi connectivity index (χ1v) is 7.36. The number of rotatable bonds is 4. The number of pyridine rings is 1. The Hall–Kier alpha value is -2.74. The highest BCUT2D eigenvalue weighted by atomic mass is 32.1. The predicted molar refractivity (Wildman–Crippen MR) is 80.6 cm³/mol. The van der Waals surface area contributed by atoms with Crippen LogP contribution >= 0.6 is 11.3 Å². The van der Waals surface area contributed by atoms with Crippen LogP contribution in [0.4, 0.5) is 0 Å². The summed E-state index contributed by atoms with van der Waals surface area (Å²) in [6, 6.07) is 5.15. The van der Waals surface area contributed by atoms with E-state index in [1.165, 1.54) is 17.5 Å². The Labute approximate surface area is 129 Å². The van der Waals surface area contributed by atoms with Crippen molar-refractivity contribution in [2.75, 3.05) is 0 Å². The first-order chi connectivity index (χ1) is 10.6. The van der Waals surface area contributed by atoms with E-state index in [0.717, 1.165) is 5.56 Å². The summed E-state index contributed by atoms with van der Waals surface area (Å²) < 4.78 is 5.05. The van der Waals surface area contributed by atoms with Gasteiger partial charge < -0.3 is 14.8 Å². The Morgan fingerprint density at radius 1 is 1.45 bits per heavy atom. The highest BCUT2D eigenvalue weighted by molar-refractivity contribution is 7.12. The van der Waals surface area contributed by atoms with E-state index >= 15 is 0 Å². The van der Waals surface area contributed by atoms with Crippen molar-refractivity contribution in [2.24, 2.45) is 0 Å². The van der Waals surface area contributed by atoms with E-state index in [1.54, 1.807) is 12.1 Å².